The molecule has 2 heterocycles. The van der Waals surface area contributed by atoms with Gasteiger partial charge in [-0.05, 0) is 60.9 Å². The van der Waals surface area contributed by atoms with E-state index in [0.717, 1.165) is 22.8 Å². The molecule has 0 bridgehead atoms. The Morgan fingerprint density at radius 3 is 2.40 bits per heavy atom. The fourth-order valence-electron chi connectivity index (χ4n) is 3.72. The predicted molar refractivity (Wildman–Crippen MR) is 123 cm³/mol. The molecule has 0 N–H and O–H groups in total. The van der Waals surface area contributed by atoms with Crippen molar-refractivity contribution >= 4 is 0 Å². The van der Waals surface area contributed by atoms with E-state index >= 15 is 0 Å². The second-order valence-electron chi connectivity index (χ2n) is 7.92. The largest absolute Gasteiger partial charge is 0.438 e. The minimum Gasteiger partial charge on any atom is -0.438 e. The van der Waals surface area contributed by atoms with Gasteiger partial charge in [-0.3, -0.25) is 9.78 Å². The van der Waals surface area contributed by atoms with Crippen LogP contribution in [-0.4, -0.2) is 14.5 Å². The summed E-state index contributed by atoms with van der Waals surface area (Å²) in [6, 6.07) is 14.1. The van der Waals surface area contributed by atoms with Gasteiger partial charge < -0.3 is 9.30 Å². The number of ether oxygens (including phenoxy) is 1. The number of benzene rings is 2. The molecule has 0 unspecified atom stereocenters. The predicted octanol–water partition coefficient (Wildman–Crippen LogP) is 5.65. The highest BCUT2D eigenvalue weighted by molar-refractivity contribution is 5.63. The van der Waals surface area contributed by atoms with E-state index in [0.29, 0.717) is 11.3 Å². The summed E-state index contributed by atoms with van der Waals surface area (Å²) in [7, 11) is 0. The standard InChI is InChI=1S/C26H19F3N4O2/c1-16-3-4-19(17(2)11-16)15-33-23(12-22(26(27,28)29)21(13-30)25(33)34)18-5-7-20(8-6-18)35-24-14-31-9-10-32-24/h3-12,14H,15H2,1-2H3. The molecule has 4 rings (SSSR count). The number of nitriles is 1. The van der Waals surface area contributed by atoms with Crippen LogP contribution in [0.25, 0.3) is 11.3 Å². The number of nitrogens with zero attached hydrogens (tertiary/aromatic N) is 4. The van der Waals surface area contributed by atoms with Crippen molar-refractivity contribution in [1.82, 2.24) is 14.5 Å². The van der Waals surface area contributed by atoms with E-state index in [4.69, 9.17) is 4.74 Å². The van der Waals surface area contributed by atoms with E-state index in [9.17, 15) is 23.2 Å². The van der Waals surface area contributed by atoms with Crippen LogP contribution in [0.3, 0.4) is 0 Å². The third-order valence-electron chi connectivity index (χ3n) is 5.46. The number of aryl methyl sites for hydroxylation is 2. The summed E-state index contributed by atoms with van der Waals surface area (Å²) in [5, 5.41) is 9.39. The molecule has 0 saturated heterocycles. The van der Waals surface area contributed by atoms with Gasteiger partial charge in [0, 0.05) is 12.4 Å². The third-order valence-corrected chi connectivity index (χ3v) is 5.46. The third kappa shape index (κ3) is 5.06. The molecule has 2 aromatic carbocycles. The summed E-state index contributed by atoms with van der Waals surface area (Å²) in [4.78, 5) is 21.1. The van der Waals surface area contributed by atoms with Crippen LogP contribution in [0.1, 0.15) is 27.8 Å². The minimum atomic E-state index is -4.87. The molecule has 9 heteroatoms. The molecule has 35 heavy (non-hydrogen) atoms. The monoisotopic (exact) mass is 476 g/mol. The van der Waals surface area contributed by atoms with Crippen LogP contribution in [-0.2, 0) is 12.7 Å². The molecule has 2 aromatic heterocycles. The first kappa shape index (κ1) is 23.7. The lowest BCUT2D eigenvalue weighted by Crippen LogP contribution is -2.29. The molecule has 0 aliphatic rings. The lowest BCUT2D eigenvalue weighted by molar-refractivity contribution is -0.137. The van der Waals surface area contributed by atoms with E-state index < -0.39 is 22.9 Å². The Labute approximate surface area is 198 Å². The van der Waals surface area contributed by atoms with Crippen molar-refractivity contribution in [1.29, 1.82) is 5.26 Å². The van der Waals surface area contributed by atoms with Crippen molar-refractivity contribution in [2.75, 3.05) is 0 Å². The van der Waals surface area contributed by atoms with Crippen LogP contribution in [0.15, 0.2) is 71.9 Å². The molecule has 0 fully saturated rings. The van der Waals surface area contributed by atoms with E-state index in [1.807, 2.05) is 32.0 Å². The summed E-state index contributed by atoms with van der Waals surface area (Å²) in [6.07, 6.45) is -0.489. The SMILES string of the molecule is Cc1ccc(Cn2c(-c3ccc(Oc4cnccn4)cc3)cc(C(F)(F)F)c(C#N)c2=O)c(C)c1. The van der Waals surface area contributed by atoms with E-state index in [1.165, 1.54) is 29.2 Å². The van der Waals surface area contributed by atoms with Crippen LogP contribution >= 0.6 is 0 Å². The highest BCUT2D eigenvalue weighted by Crippen LogP contribution is 2.34. The van der Waals surface area contributed by atoms with Gasteiger partial charge in [-0.2, -0.15) is 18.4 Å². The van der Waals surface area contributed by atoms with Gasteiger partial charge in [-0.1, -0.05) is 23.8 Å². The highest BCUT2D eigenvalue weighted by Gasteiger charge is 2.36. The average Bonchev–Trinajstić information content (AvgIpc) is 2.82. The van der Waals surface area contributed by atoms with Gasteiger partial charge >= 0.3 is 6.18 Å². The van der Waals surface area contributed by atoms with Crippen molar-refractivity contribution in [3.63, 3.8) is 0 Å². The summed E-state index contributed by atoms with van der Waals surface area (Å²) in [6.45, 7) is 3.79. The number of alkyl halides is 3. The molecule has 0 saturated carbocycles. The zero-order valence-corrected chi connectivity index (χ0v) is 18.8. The smallest absolute Gasteiger partial charge is 0.417 e. The highest BCUT2D eigenvalue weighted by atomic mass is 19.4. The Bertz CT molecular complexity index is 1470. The maximum absolute atomic E-state index is 13.8. The van der Waals surface area contributed by atoms with Crippen molar-refractivity contribution in [2.45, 2.75) is 26.6 Å². The quantitative estimate of drug-likeness (QED) is 0.372. The van der Waals surface area contributed by atoms with Crippen molar-refractivity contribution < 1.29 is 17.9 Å². The lowest BCUT2D eigenvalue weighted by atomic mass is 10.0. The fourth-order valence-corrected chi connectivity index (χ4v) is 3.72. The number of halogens is 3. The topological polar surface area (TPSA) is 80.8 Å². The normalized spacial score (nSPS) is 11.2. The van der Waals surface area contributed by atoms with Crippen LogP contribution in [0.4, 0.5) is 13.2 Å². The van der Waals surface area contributed by atoms with Crippen LogP contribution in [0.2, 0.25) is 0 Å². The maximum Gasteiger partial charge on any atom is 0.417 e. The van der Waals surface area contributed by atoms with Crippen molar-refractivity contribution in [3.05, 3.63) is 105 Å². The fraction of sp³-hybridized carbons (Fsp3) is 0.154. The Kier molecular flexibility index (Phi) is 6.38. The first-order valence-corrected chi connectivity index (χ1v) is 10.5. The zero-order valence-electron chi connectivity index (χ0n) is 18.8. The van der Waals surface area contributed by atoms with Crippen LogP contribution in [0.5, 0.6) is 11.6 Å². The molecule has 0 aliphatic carbocycles. The molecule has 0 amide bonds. The maximum atomic E-state index is 13.8. The molecule has 0 aliphatic heterocycles. The van der Waals surface area contributed by atoms with Gasteiger partial charge in [0.25, 0.3) is 5.56 Å². The van der Waals surface area contributed by atoms with Gasteiger partial charge in [0.05, 0.1) is 24.0 Å². The number of pyridine rings is 1. The molecule has 4 aromatic rings. The van der Waals surface area contributed by atoms with Crippen LogP contribution < -0.4 is 10.3 Å². The molecular weight excluding hydrogens is 457 g/mol. The number of aromatic nitrogens is 3. The molecule has 0 spiro atoms. The van der Waals surface area contributed by atoms with E-state index in [1.54, 1.807) is 24.3 Å². The minimum absolute atomic E-state index is 0.00491. The molecule has 176 valence electrons. The van der Waals surface area contributed by atoms with Crippen LogP contribution in [0, 0.1) is 25.2 Å². The first-order valence-electron chi connectivity index (χ1n) is 10.5. The number of hydrogen-bond donors (Lipinski definition) is 0. The molecule has 6 nitrogen and oxygen atoms in total. The van der Waals surface area contributed by atoms with Gasteiger partial charge in [0.15, 0.2) is 0 Å². The van der Waals surface area contributed by atoms with Gasteiger partial charge in [0.1, 0.15) is 17.4 Å². The summed E-state index contributed by atoms with van der Waals surface area (Å²) in [5.41, 5.74) is -0.162. The van der Waals surface area contributed by atoms with Gasteiger partial charge in [-0.25, -0.2) is 4.98 Å². The molecule has 0 atom stereocenters. The van der Waals surface area contributed by atoms with Crippen molar-refractivity contribution in [3.8, 4) is 29.0 Å². The van der Waals surface area contributed by atoms with Crippen molar-refractivity contribution in [2.24, 2.45) is 0 Å². The lowest BCUT2D eigenvalue weighted by Gasteiger charge is -2.19. The molecular formula is C26H19F3N4O2. The molecule has 0 radical (unpaired) electrons. The zero-order chi connectivity index (χ0) is 25.2. The summed E-state index contributed by atoms with van der Waals surface area (Å²) < 4.78 is 48.1. The second-order valence-corrected chi connectivity index (χ2v) is 7.92. The summed E-state index contributed by atoms with van der Waals surface area (Å²) in [5.74, 6) is 0.645. The number of hydrogen-bond acceptors (Lipinski definition) is 5. The first-order chi connectivity index (χ1) is 16.7. The Hall–Kier alpha value is -4.45. The number of rotatable bonds is 5. The average molecular weight is 476 g/mol. The van der Waals surface area contributed by atoms with E-state index in [-0.39, 0.29) is 18.1 Å². The van der Waals surface area contributed by atoms with Gasteiger partial charge in [-0.15, -0.1) is 0 Å². The Morgan fingerprint density at radius 1 is 1.06 bits per heavy atom. The Balaban J connectivity index is 1.84. The summed E-state index contributed by atoms with van der Waals surface area (Å²) >= 11 is 0. The second kappa shape index (κ2) is 9.43. The Morgan fingerprint density at radius 2 is 1.80 bits per heavy atom. The van der Waals surface area contributed by atoms with Gasteiger partial charge in [0.2, 0.25) is 5.88 Å². The van der Waals surface area contributed by atoms with E-state index in [2.05, 4.69) is 9.97 Å².